The number of amides is 2. The fourth-order valence-corrected chi connectivity index (χ4v) is 5.88. The van der Waals surface area contributed by atoms with Crippen LogP contribution in [0.2, 0.25) is 0 Å². The molecule has 2 amide bonds. The summed E-state index contributed by atoms with van der Waals surface area (Å²) in [5, 5.41) is 8.05. The predicted octanol–water partition coefficient (Wildman–Crippen LogP) is 2.51. The number of hydrogen-bond acceptors (Lipinski definition) is 7. The highest BCUT2D eigenvalue weighted by atomic mass is 32.2. The fourth-order valence-electron chi connectivity index (χ4n) is 3.05. The molecule has 3 heterocycles. The second kappa shape index (κ2) is 9.33. The molecule has 29 heavy (non-hydrogen) atoms. The average molecular weight is 457 g/mol. The SMILES string of the molecule is CCS(=O)(=O)N1CCC(C(=O)Nc2nc(-c3ccc(CNC(C)=O)s3)cs2)CC1. The van der Waals surface area contributed by atoms with E-state index in [1.165, 1.54) is 22.6 Å². The van der Waals surface area contributed by atoms with Crippen LogP contribution in [-0.4, -0.2) is 48.4 Å². The van der Waals surface area contributed by atoms with E-state index >= 15 is 0 Å². The number of hydrogen-bond donors (Lipinski definition) is 2. The van der Waals surface area contributed by atoms with Crippen molar-refractivity contribution in [2.45, 2.75) is 33.2 Å². The van der Waals surface area contributed by atoms with Crippen molar-refractivity contribution >= 4 is 49.6 Å². The molecule has 2 N–H and O–H groups in total. The first kappa shape index (κ1) is 21.9. The van der Waals surface area contributed by atoms with Crippen molar-refractivity contribution in [2.24, 2.45) is 5.92 Å². The number of sulfonamides is 1. The summed E-state index contributed by atoms with van der Waals surface area (Å²) in [5.74, 6) is -0.313. The normalized spacial score (nSPS) is 15.9. The Morgan fingerprint density at radius 3 is 2.66 bits per heavy atom. The summed E-state index contributed by atoms with van der Waals surface area (Å²) in [6.45, 7) is 4.36. The Morgan fingerprint density at radius 2 is 2.00 bits per heavy atom. The van der Waals surface area contributed by atoms with E-state index in [-0.39, 0.29) is 23.5 Å². The maximum atomic E-state index is 12.5. The molecular weight excluding hydrogens is 432 g/mol. The zero-order valence-electron chi connectivity index (χ0n) is 16.3. The molecule has 0 atom stereocenters. The lowest BCUT2D eigenvalue weighted by Gasteiger charge is -2.30. The van der Waals surface area contributed by atoms with Gasteiger partial charge in [0, 0.05) is 36.2 Å². The Kier molecular flexibility index (Phi) is 7.04. The van der Waals surface area contributed by atoms with Crippen LogP contribution in [0.25, 0.3) is 10.6 Å². The first-order valence-electron chi connectivity index (χ1n) is 9.36. The van der Waals surface area contributed by atoms with Crippen molar-refractivity contribution in [3.8, 4) is 10.6 Å². The standard InChI is InChI=1S/C18H24N4O4S3/c1-3-29(25,26)22-8-6-13(7-9-22)17(24)21-18-20-15(11-27-18)16-5-4-14(28-16)10-19-12(2)23/h4-5,11,13H,3,6-10H2,1-2H3,(H,19,23)(H,20,21,24). The summed E-state index contributed by atoms with van der Waals surface area (Å²) in [4.78, 5) is 30.1. The van der Waals surface area contributed by atoms with Crippen LogP contribution in [0.5, 0.6) is 0 Å². The van der Waals surface area contributed by atoms with Gasteiger partial charge in [0.05, 0.1) is 22.9 Å². The number of carbonyl (C=O) groups is 2. The lowest BCUT2D eigenvalue weighted by molar-refractivity contribution is -0.121. The zero-order chi connectivity index (χ0) is 21.0. The molecule has 1 aliphatic heterocycles. The number of piperidine rings is 1. The molecule has 0 unspecified atom stereocenters. The van der Waals surface area contributed by atoms with Gasteiger partial charge in [-0.3, -0.25) is 9.59 Å². The van der Waals surface area contributed by atoms with E-state index in [2.05, 4.69) is 15.6 Å². The lowest BCUT2D eigenvalue weighted by atomic mass is 9.97. The van der Waals surface area contributed by atoms with E-state index < -0.39 is 10.0 Å². The van der Waals surface area contributed by atoms with Gasteiger partial charge in [-0.2, -0.15) is 0 Å². The van der Waals surface area contributed by atoms with Crippen molar-refractivity contribution in [2.75, 3.05) is 24.2 Å². The number of aromatic nitrogens is 1. The summed E-state index contributed by atoms with van der Waals surface area (Å²) < 4.78 is 25.3. The van der Waals surface area contributed by atoms with Crippen LogP contribution in [0.15, 0.2) is 17.5 Å². The minimum absolute atomic E-state index is 0.0725. The number of thiophene rings is 1. The first-order valence-corrected chi connectivity index (χ1v) is 12.7. The molecule has 0 spiro atoms. The molecule has 3 rings (SSSR count). The van der Waals surface area contributed by atoms with Gasteiger partial charge < -0.3 is 10.6 Å². The highest BCUT2D eigenvalue weighted by Crippen LogP contribution is 2.31. The molecule has 2 aromatic rings. The van der Waals surface area contributed by atoms with Gasteiger partial charge in [0.25, 0.3) is 0 Å². The molecule has 0 aromatic carbocycles. The highest BCUT2D eigenvalue weighted by molar-refractivity contribution is 7.89. The quantitative estimate of drug-likeness (QED) is 0.665. The van der Waals surface area contributed by atoms with Gasteiger partial charge >= 0.3 is 0 Å². The van der Waals surface area contributed by atoms with Crippen LogP contribution < -0.4 is 10.6 Å². The third-order valence-electron chi connectivity index (χ3n) is 4.74. The van der Waals surface area contributed by atoms with Crippen molar-refractivity contribution in [1.29, 1.82) is 0 Å². The molecule has 11 heteroatoms. The van der Waals surface area contributed by atoms with Gasteiger partial charge in [-0.25, -0.2) is 17.7 Å². The summed E-state index contributed by atoms with van der Waals surface area (Å²) >= 11 is 2.91. The molecule has 0 bridgehead atoms. The molecule has 0 saturated carbocycles. The summed E-state index contributed by atoms with van der Waals surface area (Å²) in [6.07, 6.45) is 1.03. The number of anilines is 1. The second-order valence-corrected chi connectivity index (χ2v) is 11.1. The average Bonchev–Trinajstić information content (AvgIpc) is 3.35. The van der Waals surface area contributed by atoms with Crippen molar-refractivity contribution in [3.63, 3.8) is 0 Å². The fraction of sp³-hybridized carbons (Fsp3) is 0.500. The van der Waals surface area contributed by atoms with Crippen molar-refractivity contribution < 1.29 is 18.0 Å². The third-order valence-corrected chi connectivity index (χ3v) is 8.49. The largest absolute Gasteiger partial charge is 0.351 e. The molecule has 158 valence electrons. The van der Waals surface area contributed by atoms with E-state index in [9.17, 15) is 18.0 Å². The summed E-state index contributed by atoms with van der Waals surface area (Å²) in [6, 6.07) is 3.90. The third kappa shape index (κ3) is 5.62. The topological polar surface area (TPSA) is 108 Å². The van der Waals surface area contributed by atoms with E-state index in [4.69, 9.17) is 0 Å². The summed E-state index contributed by atoms with van der Waals surface area (Å²) in [5.41, 5.74) is 0.785. The van der Waals surface area contributed by atoms with Gasteiger partial charge in [0.15, 0.2) is 5.13 Å². The first-order chi connectivity index (χ1) is 13.8. The van der Waals surface area contributed by atoms with E-state index in [1.807, 2.05) is 17.5 Å². The monoisotopic (exact) mass is 456 g/mol. The van der Waals surface area contributed by atoms with Gasteiger partial charge in [-0.1, -0.05) is 0 Å². The molecule has 0 aliphatic carbocycles. The maximum Gasteiger partial charge on any atom is 0.229 e. The number of thiazole rings is 1. The molecule has 1 fully saturated rings. The van der Waals surface area contributed by atoms with Crippen LogP contribution in [0.1, 0.15) is 31.6 Å². The smallest absolute Gasteiger partial charge is 0.229 e. The molecular formula is C18H24N4O4S3. The number of nitrogens with zero attached hydrogens (tertiary/aromatic N) is 2. The van der Waals surface area contributed by atoms with Crippen LogP contribution in [0, 0.1) is 5.92 Å². The van der Waals surface area contributed by atoms with E-state index in [1.54, 1.807) is 18.3 Å². The maximum absolute atomic E-state index is 12.5. The Bertz CT molecular complexity index is 975. The molecule has 2 aromatic heterocycles. The van der Waals surface area contributed by atoms with Crippen LogP contribution >= 0.6 is 22.7 Å². The van der Waals surface area contributed by atoms with Gasteiger partial charge in [-0.05, 0) is 31.9 Å². The molecule has 8 nitrogen and oxygen atoms in total. The van der Waals surface area contributed by atoms with E-state index in [0.717, 1.165) is 15.4 Å². The number of carbonyl (C=O) groups excluding carboxylic acids is 2. The predicted molar refractivity (Wildman–Crippen MR) is 115 cm³/mol. The second-order valence-electron chi connectivity index (χ2n) is 6.78. The van der Waals surface area contributed by atoms with Gasteiger partial charge in [-0.15, -0.1) is 22.7 Å². The van der Waals surface area contributed by atoms with Crippen LogP contribution in [0.4, 0.5) is 5.13 Å². The van der Waals surface area contributed by atoms with Gasteiger partial charge in [0.2, 0.25) is 21.8 Å². The Hall–Kier alpha value is -1.82. The minimum atomic E-state index is -3.19. The summed E-state index contributed by atoms with van der Waals surface area (Å²) in [7, 11) is -3.19. The minimum Gasteiger partial charge on any atom is -0.351 e. The van der Waals surface area contributed by atoms with Crippen molar-refractivity contribution in [1.82, 2.24) is 14.6 Å². The Morgan fingerprint density at radius 1 is 1.28 bits per heavy atom. The van der Waals surface area contributed by atoms with E-state index in [0.29, 0.717) is 37.6 Å². The molecule has 0 radical (unpaired) electrons. The van der Waals surface area contributed by atoms with Crippen molar-refractivity contribution in [3.05, 3.63) is 22.4 Å². The Balaban J connectivity index is 1.55. The molecule has 1 aliphatic rings. The highest BCUT2D eigenvalue weighted by Gasteiger charge is 2.30. The zero-order valence-corrected chi connectivity index (χ0v) is 18.8. The number of rotatable bonds is 7. The number of nitrogens with one attached hydrogen (secondary N) is 2. The van der Waals surface area contributed by atoms with Crippen LogP contribution in [-0.2, 0) is 26.2 Å². The Labute approximate surface area is 178 Å². The molecule has 1 saturated heterocycles. The lowest BCUT2D eigenvalue weighted by Crippen LogP contribution is -2.42. The van der Waals surface area contributed by atoms with Gasteiger partial charge in [0.1, 0.15) is 0 Å². The van der Waals surface area contributed by atoms with Crippen LogP contribution in [0.3, 0.4) is 0 Å².